The van der Waals surface area contributed by atoms with Gasteiger partial charge in [0, 0.05) is 25.9 Å². The van der Waals surface area contributed by atoms with Crippen LogP contribution in [-0.4, -0.2) is 106 Å². The van der Waals surface area contributed by atoms with Crippen molar-refractivity contribution in [1.29, 1.82) is 0 Å². The highest BCUT2D eigenvalue weighted by atomic mass is 16.2. The van der Waals surface area contributed by atoms with Crippen LogP contribution in [0.5, 0.6) is 0 Å². The van der Waals surface area contributed by atoms with Crippen molar-refractivity contribution in [2.75, 3.05) is 54.4 Å². The van der Waals surface area contributed by atoms with E-state index >= 15 is 0 Å². The van der Waals surface area contributed by atoms with Crippen LogP contribution in [0.15, 0.2) is 60.9 Å². The second-order valence-corrected chi connectivity index (χ2v) is 13.1. The number of carbonyl (C=O) groups is 2. The highest BCUT2D eigenvalue weighted by Crippen LogP contribution is 2.27. The van der Waals surface area contributed by atoms with Crippen molar-refractivity contribution in [2.45, 2.75) is 65.5 Å². The van der Waals surface area contributed by atoms with Gasteiger partial charge in [-0.25, -0.2) is 9.97 Å². The summed E-state index contributed by atoms with van der Waals surface area (Å²) in [7, 11) is 8.12. The molecule has 0 unspecified atom stereocenters. The lowest BCUT2D eigenvalue weighted by Crippen LogP contribution is -2.32. The summed E-state index contributed by atoms with van der Waals surface area (Å²) >= 11 is 0. The molecule has 0 radical (unpaired) electrons. The average molecular weight is 655 g/mol. The molecule has 258 valence electrons. The van der Waals surface area contributed by atoms with Gasteiger partial charge in [-0.15, -0.1) is 0 Å². The third kappa shape index (κ3) is 10.9. The Bertz CT molecular complexity index is 1440. The molecule has 10 heteroatoms. The predicted octanol–water partition coefficient (Wildman–Crippen LogP) is 6.29. The smallest absolute Gasteiger partial charge is 0.223 e. The van der Waals surface area contributed by atoms with E-state index in [0.29, 0.717) is 25.9 Å². The predicted molar refractivity (Wildman–Crippen MR) is 194 cm³/mol. The Balaban J connectivity index is 1.35. The van der Waals surface area contributed by atoms with Gasteiger partial charge in [0.1, 0.15) is 11.6 Å². The minimum absolute atomic E-state index is 0.178. The van der Waals surface area contributed by atoms with Gasteiger partial charge < -0.3 is 29.6 Å². The standard InChI is InChI=1S/C38H54N8O2/c1-7-21-45(37(47)11-9-23-43(3)4)27-35-39-25-33(41-35)31-17-13-29(14-18-31)30-15-19-32(20-16-30)34-26-40-36(42-34)28-46(22-8-2)38(48)12-10-24-44(5)6/h13-20,25-26H,7-12,21-24,27-28H2,1-6H3,(H,39,41)(H,40,42). The largest absolute Gasteiger partial charge is 0.341 e. The number of rotatable bonds is 19. The molecule has 0 fully saturated rings. The average Bonchev–Trinajstić information content (AvgIpc) is 3.74. The van der Waals surface area contributed by atoms with E-state index in [4.69, 9.17) is 0 Å². The molecule has 2 aromatic carbocycles. The minimum atomic E-state index is 0.178. The molecule has 0 saturated heterocycles. The molecule has 2 amide bonds. The maximum absolute atomic E-state index is 12.8. The number of amides is 2. The number of aromatic amines is 2. The Kier molecular flexibility index (Phi) is 13.9. The molecule has 4 aromatic rings. The van der Waals surface area contributed by atoms with E-state index < -0.39 is 0 Å². The Hall–Kier alpha value is -4.28. The molecule has 0 saturated carbocycles. The van der Waals surface area contributed by atoms with Crippen LogP contribution < -0.4 is 0 Å². The molecular weight excluding hydrogens is 600 g/mol. The third-order valence-electron chi connectivity index (χ3n) is 8.35. The SMILES string of the molecule is CCCN(Cc1ncc(-c2ccc(-c3ccc(-c4cnc(CN(CCC)C(=O)CCCN(C)C)[nH]4)cc3)cc2)[nH]1)C(=O)CCCN(C)C. The Morgan fingerprint density at radius 1 is 0.562 bits per heavy atom. The van der Waals surface area contributed by atoms with Crippen molar-refractivity contribution in [2.24, 2.45) is 0 Å². The molecule has 0 aliphatic rings. The first-order chi connectivity index (χ1) is 23.2. The lowest BCUT2D eigenvalue weighted by Gasteiger charge is -2.21. The number of benzene rings is 2. The lowest BCUT2D eigenvalue weighted by molar-refractivity contribution is -0.132. The van der Waals surface area contributed by atoms with Gasteiger partial charge in [-0.05, 0) is 89.2 Å². The van der Waals surface area contributed by atoms with Gasteiger partial charge in [0.05, 0.1) is 36.9 Å². The normalized spacial score (nSPS) is 11.4. The molecule has 0 spiro atoms. The molecule has 2 N–H and O–H groups in total. The van der Waals surface area contributed by atoms with Gasteiger partial charge in [0.25, 0.3) is 0 Å². The summed E-state index contributed by atoms with van der Waals surface area (Å²) in [6, 6.07) is 16.9. The van der Waals surface area contributed by atoms with Crippen LogP contribution in [-0.2, 0) is 22.7 Å². The number of hydrogen-bond acceptors (Lipinski definition) is 6. The van der Waals surface area contributed by atoms with Crippen LogP contribution in [0, 0.1) is 0 Å². The van der Waals surface area contributed by atoms with Crippen LogP contribution in [0.2, 0.25) is 0 Å². The van der Waals surface area contributed by atoms with Crippen LogP contribution in [0.3, 0.4) is 0 Å². The van der Waals surface area contributed by atoms with E-state index in [2.05, 4.69) is 92.1 Å². The molecule has 0 atom stereocenters. The fraction of sp³-hybridized carbons (Fsp3) is 0.474. The summed E-state index contributed by atoms with van der Waals surface area (Å²) in [5.74, 6) is 1.95. The second kappa shape index (κ2) is 18.3. The first kappa shape index (κ1) is 36.6. The van der Waals surface area contributed by atoms with Crippen molar-refractivity contribution in [3.8, 4) is 33.6 Å². The molecule has 48 heavy (non-hydrogen) atoms. The third-order valence-corrected chi connectivity index (χ3v) is 8.35. The Morgan fingerprint density at radius 3 is 1.25 bits per heavy atom. The highest BCUT2D eigenvalue weighted by Gasteiger charge is 2.17. The number of nitrogens with zero attached hydrogens (tertiary/aromatic N) is 6. The number of imidazole rings is 2. The van der Waals surface area contributed by atoms with Crippen molar-refractivity contribution < 1.29 is 9.59 Å². The van der Waals surface area contributed by atoms with Crippen molar-refractivity contribution in [1.82, 2.24) is 39.5 Å². The maximum atomic E-state index is 12.8. The number of carbonyl (C=O) groups excluding carboxylic acids is 2. The number of hydrogen-bond donors (Lipinski definition) is 2. The Labute approximate surface area is 286 Å². The van der Waals surface area contributed by atoms with Crippen LogP contribution in [0.25, 0.3) is 33.6 Å². The zero-order valence-electron chi connectivity index (χ0n) is 29.8. The topological polar surface area (TPSA) is 104 Å². The van der Waals surface area contributed by atoms with E-state index in [0.717, 1.165) is 97.2 Å². The highest BCUT2D eigenvalue weighted by molar-refractivity contribution is 5.77. The molecule has 2 aromatic heterocycles. The van der Waals surface area contributed by atoms with Gasteiger partial charge >= 0.3 is 0 Å². The van der Waals surface area contributed by atoms with Gasteiger partial charge in [-0.3, -0.25) is 9.59 Å². The van der Waals surface area contributed by atoms with Crippen LogP contribution >= 0.6 is 0 Å². The summed E-state index contributed by atoms with van der Waals surface area (Å²) < 4.78 is 0. The summed E-state index contributed by atoms with van der Waals surface area (Å²) in [6.07, 6.45) is 8.33. The summed E-state index contributed by atoms with van der Waals surface area (Å²) in [5, 5.41) is 0. The fourth-order valence-electron chi connectivity index (χ4n) is 5.76. The molecule has 0 aliphatic heterocycles. The van der Waals surface area contributed by atoms with Crippen molar-refractivity contribution in [3.05, 3.63) is 72.6 Å². The van der Waals surface area contributed by atoms with E-state index in [1.54, 1.807) is 0 Å². The summed E-state index contributed by atoms with van der Waals surface area (Å²) in [6.45, 7) is 8.43. The fourth-order valence-corrected chi connectivity index (χ4v) is 5.76. The first-order valence-corrected chi connectivity index (χ1v) is 17.3. The Morgan fingerprint density at radius 2 is 0.917 bits per heavy atom. The van der Waals surface area contributed by atoms with E-state index in [1.807, 2.05) is 50.4 Å². The maximum Gasteiger partial charge on any atom is 0.223 e. The summed E-state index contributed by atoms with van der Waals surface area (Å²) in [4.78, 5) is 49.8. The van der Waals surface area contributed by atoms with E-state index in [-0.39, 0.29) is 11.8 Å². The van der Waals surface area contributed by atoms with E-state index in [9.17, 15) is 9.59 Å². The molecular formula is C38H54N8O2. The zero-order chi connectivity index (χ0) is 34.5. The second-order valence-electron chi connectivity index (χ2n) is 13.1. The minimum Gasteiger partial charge on any atom is -0.341 e. The van der Waals surface area contributed by atoms with Crippen molar-refractivity contribution >= 4 is 11.8 Å². The van der Waals surface area contributed by atoms with Gasteiger partial charge in [0.2, 0.25) is 11.8 Å². The van der Waals surface area contributed by atoms with Crippen LogP contribution in [0.4, 0.5) is 0 Å². The van der Waals surface area contributed by atoms with Gasteiger partial charge in [0.15, 0.2) is 0 Å². The monoisotopic (exact) mass is 654 g/mol. The van der Waals surface area contributed by atoms with Gasteiger partial charge in [-0.1, -0.05) is 62.4 Å². The summed E-state index contributed by atoms with van der Waals surface area (Å²) in [5.41, 5.74) is 6.21. The number of aromatic nitrogens is 4. The zero-order valence-corrected chi connectivity index (χ0v) is 29.8. The van der Waals surface area contributed by atoms with E-state index in [1.165, 1.54) is 0 Å². The number of H-pyrrole nitrogens is 2. The molecule has 10 nitrogen and oxygen atoms in total. The molecule has 0 bridgehead atoms. The number of nitrogens with one attached hydrogen (secondary N) is 2. The quantitative estimate of drug-likeness (QED) is 0.123. The molecule has 4 rings (SSSR count). The molecule has 2 heterocycles. The molecule has 0 aliphatic carbocycles. The van der Waals surface area contributed by atoms with Crippen molar-refractivity contribution in [3.63, 3.8) is 0 Å². The lowest BCUT2D eigenvalue weighted by atomic mass is 10.0. The first-order valence-electron chi connectivity index (χ1n) is 17.3. The van der Waals surface area contributed by atoms with Crippen LogP contribution in [0.1, 0.15) is 64.0 Å². The van der Waals surface area contributed by atoms with Gasteiger partial charge in [-0.2, -0.15) is 0 Å².